The molecule has 0 aliphatic carbocycles. The summed E-state index contributed by atoms with van der Waals surface area (Å²) in [5.74, 6) is 0.700. The van der Waals surface area contributed by atoms with Gasteiger partial charge in [-0.2, -0.15) is 5.10 Å². The van der Waals surface area contributed by atoms with Crippen LogP contribution in [-0.2, 0) is 19.4 Å². The smallest absolute Gasteiger partial charge is 0.138 e. The topological polar surface area (TPSA) is 42.7 Å². The van der Waals surface area contributed by atoms with Crippen LogP contribution in [-0.4, -0.2) is 21.3 Å². The summed E-state index contributed by atoms with van der Waals surface area (Å²) in [6.07, 6.45) is 1.68. The summed E-state index contributed by atoms with van der Waals surface area (Å²) in [6, 6.07) is 5.84. The van der Waals surface area contributed by atoms with E-state index in [4.69, 9.17) is 0 Å². The molecule has 5 heteroatoms. The normalized spacial score (nSPS) is 15.1. The number of hydrogen-bond donors (Lipinski definition) is 1. The molecule has 0 spiro atoms. The number of nitrogens with one attached hydrogen (secondary N) is 1. The predicted molar refractivity (Wildman–Crippen MR) is 71.9 cm³/mol. The summed E-state index contributed by atoms with van der Waals surface area (Å²) in [4.78, 5) is 4.14. The van der Waals surface area contributed by atoms with E-state index in [-0.39, 0.29) is 6.42 Å². The molecular weight excluding hydrogens is 243 g/mol. The van der Waals surface area contributed by atoms with E-state index in [0.29, 0.717) is 12.4 Å². The highest BCUT2D eigenvalue weighted by molar-refractivity contribution is 5.62. The van der Waals surface area contributed by atoms with E-state index in [9.17, 15) is 4.39 Å². The lowest BCUT2D eigenvalue weighted by Crippen LogP contribution is -2.08. The van der Waals surface area contributed by atoms with Gasteiger partial charge in [-0.15, -0.1) is 0 Å². The molecule has 2 heterocycles. The molecule has 0 fully saturated rings. The van der Waals surface area contributed by atoms with Crippen LogP contribution in [0.25, 0.3) is 0 Å². The van der Waals surface area contributed by atoms with Gasteiger partial charge in [-0.3, -0.25) is 4.68 Å². The van der Waals surface area contributed by atoms with Crippen molar-refractivity contribution in [3.8, 4) is 0 Å². The Kier molecular flexibility index (Phi) is 3.19. The third-order valence-corrected chi connectivity index (χ3v) is 3.57. The first kappa shape index (κ1) is 12.1. The molecule has 0 amide bonds. The van der Waals surface area contributed by atoms with Crippen LogP contribution < -0.4 is 5.32 Å². The number of halogens is 1. The third kappa shape index (κ3) is 2.20. The quantitative estimate of drug-likeness (QED) is 0.918. The second-order valence-corrected chi connectivity index (χ2v) is 4.72. The van der Waals surface area contributed by atoms with Crippen molar-refractivity contribution >= 4 is 5.69 Å². The van der Waals surface area contributed by atoms with Gasteiger partial charge in [0.2, 0.25) is 0 Å². The molecule has 1 atom stereocenters. The molecule has 1 unspecified atom stereocenters. The Hall–Kier alpha value is -1.91. The maximum atomic E-state index is 14.5. The van der Waals surface area contributed by atoms with Gasteiger partial charge >= 0.3 is 0 Å². The van der Waals surface area contributed by atoms with Crippen LogP contribution in [0.5, 0.6) is 0 Å². The van der Waals surface area contributed by atoms with E-state index in [2.05, 4.69) is 21.5 Å². The van der Waals surface area contributed by atoms with Crippen LogP contribution in [0.1, 0.15) is 30.0 Å². The fourth-order valence-electron chi connectivity index (χ4n) is 2.61. The molecule has 1 aliphatic heterocycles. The number of anilines is 1. The monoisotopic (exact) mass is 260 g/mol. The van der Waals surface area contributed by atoms with Gasteiger partial charge in [0.15, 0.2) is 0 Å². The summed E-state index contributed by atoms with van der Waals surface area (Å²) in [7, 11) is 0. The van der Waals surface area contributed by atoms with Crippen molar-refractivity contribution in [3.05, 3.63) is 41.5 Å². The van der Waals surface area contributed by atoms with Gasteiger partial charge in [0, 0.05) is 30.8 Å². The van der Waals surface area contributed by atoms with Crippen LogP contribution in [0, 0.1) is 0 Å². The number of alkyl halides is 1. The number of rotatable bonds is 4. The lowest BCUT2D eigenvalue weighted by molar-refractivity contribution is 0.332. The maximum absolute atomic E-state index is 14.5. The van der Waals surface area contributed by atoms with Crippen LogP contribution in [0.3, 0.4) is 0 Å². The van der Waals surface area contributed by atoms with Crippen LogP contribution in [0.4, 0.5) is 10.1 Å². The Morgan fingerprint density at radius 3 is 3.21 bits per heavy atom. The van der Waals surface area contributed by atoms with Crippen molar-refractivity contribution in [1.82, 2.24) is 14.8 Å². The standard InChI is InChI=1S/C14H17FN4/c1-2-19-13(17-9-18-19)8-12(15)11-5-3-4-10-6-7-16-14(10)11/h3-5,9,12,16H,2,6-8H2,1H3. The zero-order valence-electron chi connectivity index (χ0n) is 10.9. The predicted octanol–water partition coefficient (Wildman–Crippen LogP) is 2.52. The molecule has 19 heavy (non-hydrogen) atoms. The number of aromatic nitrogens is 3. The summed E-state index contributed by atoms with van der Waals surface area (Å²) in [5, 5.41) is 7.35. The van der Waals surface area contributed by atoms with Crippen molar-refractivity contribution in [2.24, 2.45) is 0 Å². The molecule has 2 aromatic rings. The third-order valence-electron chi connectivity index (χ3n) is 3.57. The minimum Gasteiger partial charge on any atom is -0.384 e. The van der Waals surface area contributed by atoms with Crippen molar-refractivity contribution in [2.45, 2.75) is 32.5 Å². The second-order valence-electron chi connectivity index (χ2n) is 4.72. The molecule has 1 N–H and O–H groups in total. The van der Waals surface area contributed by atoms with Crippen molar-refractivity contribution in [2.75, 3.05) is 11.9 Å². The lowest BCUT2D eigenvalue weighted by Gasteiger charge is -2.13. The van der Waals surface area contributed by atoms with Gasteiger partial charge in [-0.25, -0.2) is 9.37 Å². The minimum atomic E-state index is -1.05. The number of aryl methyl sites for hydroxylation is 1. The number of nitrogens with zero attached hydrogens (tertiary/aromatic N) is 3. The molecule has 0 saturated carbocycles. The summed E-state index contributed by atoms with van der Waals surface area (Å²) < 4.78 is 16.3. The Labute approximate surface area is 111 Å². The molecular formula is C14H17FN4. The van der Waals surface area contributed by atoms with E-state index in [1.54, 1.807) is 4.68 Å². The molecule has 100 valence electrons. The molecule has 0 bridgehead atoms. The molecule has 4 nitrogen and oxygen atoms in total. The summed E-state index contributed by atoms with van der Waals surface area (Å²) in [5.41, 5.74) is 2.91. The fourth-order valence-corrected chi connectivity index (χ4v) is 2.61. The fraction of sp³-hybridized carbons (Fsp3) is 0.429. The van der Waals surface area contributed by atoms with Gasteiger partial charge in [0.05, 0.1) is 0 Å². The van der Waals surface area contributed by atoms with Gasteiger partial charge in [-0.05, 0) is 18.9 Å². The number of fused-ring (bicyclic) bond motifs is 1. The van der Waals surface area contributed by atoms with Crippen molar-refractivity contribution in [3.63, 3.8) is 0 Å². The number of para-hydroxylation sites is 1. The molecule has 0 radical (unpaired) electrons. The summed E-state index contributed by atoms with van der Waals surface area (Å²) >= 11 is 0. The molecule has 1 aromatic carbocycles. The Morgan fingerprint density at radius 1 is 1.47 bits per heavy atom. The van der Waals surface area contributed by atoms with E-state index in [1.807, 2.05) is 19.1 Å². The zero-order chi connectivity index (χ0) is 13.2. The number of hydrogen-bond acceptors (Lipinski definition) is 3. The first-order valence-corrected chi connectivity index (χ1v) is 6.66. The summed E-state index contributed by atoms with van der Waals surface area (Å²) in [6.45, 7) is 3.59. The first-order chi connectivity index (χ1) is 9.29. The maximum Gasteiger partial charge on any atom is 0.138 e. The second kappa shape index (κ2) is 4.99. The van der Waals surface area contributed by atoms with Crippen molar-refractivity contribution in [1.29, 1.82) is 0 Å². The molecule has 0 saturated heterocycles. The van der Waals surface area contributed by atoms with Gasteiger partial charge in [0.25, 0.3) is 0 Å². The average molecular weight is 260 g/mol. The zero-order valence-corrected chi connectivity index (χ0v) is 10.9. The van der Waals surface area contributed by atoms with Gasteiger partial charge in [0.1, 0.15) is 18.3 Å². The molecule has 1 aromatic heterocycles. The highest BCUT2D eigenvalue weighted by Crippen LogP contribution is 2.33. The number of benzene rings is 1. The van der Waals surface area contributed by atoms with E-state index < -0.39 is 6.17 Å². The Bertz CT molecular complexity index is 579. The van der Waals surface area contributed by atoms with E-state index in [1.165, 1.54) is 11.9 Å². The lowest BCUT2D eigenvalue weighted by atomic mass is 10.0. The molecule has 3 rings (SSSR count). The van der Waals surface area contributed by atoms with Crippen LogP contribution >= 0.6 is 0 Å². The van der Waals surface area contributed by atoms with E-state index in [0.717, 1.165) is 24.2 Å². The van der Waals surface area contributed by atoms with Crippen LogP contribution in [0.15, 0.2) is 24.5 Å². The Morgan fingerprint density at radius 2 is 2.37 bits per heavy atom. The average Bonchev–Trinajstić information content (AvgIpc) is 3.05. The van der Waals surface area contributed by atoms with Crippen LogP contribution in [0.2, 0.25) is 0 Å². The SMILES string of the molecule is CCn1ncnc1CC(F)c1cccc2c1NCC2. The van der Waals surface area contributed by atoms with E-state index >= 15 is 0 Å². The van der Waals surface area contributed by atoms with Gasteiger partial charge < -0.3 is 5.32 Å². The van der Waals surface area contributed by atoms with Gasteiger partial charge in [-0.1, -0.05) is 18.2 Å². The highest BCUT2D eigenvalue weighted by Gasteiger charge is 2.21. The molecule has 1 aliphatic rings. The first-order valence-electron chi connectivity index (χ1n) is 6.66. The Balaban J connectivity index is 1.85. The highest BCUT2D eigenvalue weighted by atomic mass is 19.1. The largest absolute Gasteiger partial charge is 0.384 e. The minimum absolute atomic E-state index is 0.270. The van der Waals surface area contributed by atoms with Crippen molar-refractivity contribution < 1.29 is 4.39 Å².